The molecule has 5 heteroatoms. The Morgan fingerprint density at radius 1 is 1.53 bits per heavy atom. The quantitative estimate of drug-likeness (QED) is 0.555. The Balaban J connectivity index is 1.98. The number of likely N-dealkylation sites (tertiary alicyclic amines) is 1. The molecule has 0 spiro atoms. The second-order valence-corrected chi connectivity index (χ2v) is 5.12. The number of nitrogens with one attached hydrogen (secondary N) is 1. The zero-order chi connectivity index (χ0) is 13.8. The minimum absolute atomic E-state index is 0.116. The van der Waals surface area contributed by atoms with Gasteiger partial charge in [0.1, 0.15) is 11.7 Å². The molecule has 104 valence electrons. The number of aliphatic hydroxyl groups excluding tert-OH is 1. The molecule has 19 heavy (non-hydrogen) atoms. The summed E-state index contributed by atoms with van der Waals surface area (Å²) >= 11 is 0. The molecular formula is C14H20FN3O. The lowest BCUT2D eigenvalue weighted by atomic mass is 10.1. The Kier molecular flexibility index (Phi) is 4.50. The van der Waals surface area contributed by atoms with Gasteiger partial charge < -0.3 is 10.8 Å². The van der Waals surface area contributed by atoms with Crippen molar-refractivity contribution in [2.45, 2.75) is 19.4 Å². The van der Waals surface area contributed by atoms with E-state index in [-0.39, 0.29) is 18.3 Å². The van der Waals surface area contributed by atoms with Crippen molar-refractivity contribution in [1.29, 1.82) is 5.41 Å². The highest BCUT2D eigenvalue weighted by Gasteiger charge is 2.22. The van der Waals surface area contributed by atoms with Gasteiger partial charge in [0.2, 0.25) is 0 Å². The third-order valence-electron chi connectivity index (χ3n) is 3.67. The van der Waals surface area contributed by atoms with Crippen LogP contribution in [-0.2, 0) is 6.54 Å². The monoisotopic (exact) mass is 265 g/mol. The average Bonchev–Trinajstić information content (AvgIpc) is 2.79. The summed E-state index contributed by atoms with van der Waals surface area (Å²) in [6.07, 6.45) is 1.88. The van der Waals surface area contributed by atoms with Crippen molar-refractivity contribution in [3.8, 4) is 0 Å². The molecule has 1 heterocycles. The van der Waals surface area contributed by atoms with E-state index in [1.807, 2.05) is 0 Å². The summed E-state index contributed by atoms with van der Waals surface area (Å²) in [7, 11) is 0. The standard InChI is InChI=1S/C14H20FN3O/c15-13-7-11(14(16)17)1-2-12(13)9-18-5-3-10(8-18)4-6-19/h1-2,7,10,19H,3-6,8-9H2,(H3,16,17). The van der Waals surface area contributed by atoms with Crippen LogP contribution in [0.4, 0.5) is 4.39 Å². The summed E-state index contributed by atoms with van der Waals surface area (Å²) in [5.74, 6) is 0.0949. The smallest absolute Gasteiger partial charge is 0.128 e. The normalized spacial score (nSPS) is 19.8. The van der Waals surface area contributed by atoms with Crippen LogP contribution in [0.3, 0.4) is 0 Å². The summed E-state index contributed by atoms with van der Waals surface area (Å²) in [5, 5.41) is 16.2. The molecule has 2 rings (SSSR count). The van der Waals surface area contributed by atoms with Gasteiger partial charge in [0.05, 0.1) is 0 Å². The van der Waals surface area contributed by atoms with Crippen LogP contribution in [0, 0.1) is 17.1 Å². The number of hydrogen-bond donors (Lipinski definition) is 3. The van der Waals surface area contributed by atoms with Gasteiger partial charge in [-0.2, -0.15) is 0 Å². The number of nitrogens with zero attached hydrogens (tertiary/aromatic N) is 1. The number of benzene rings is 1. The molecule has 4 N–H and O–H groups in total. The van der Waals surface area contributed by atoms with Crippen LogP contribution in [0.25, 0.3) is 0 Å². The molecule has 0 saturated carbocycles. The molecule has 4 nitrogen and oxygen atoms in total. The first kappa shape index (κ1) is 14.0. The summed E-state index contributed by atoms with van der Waals surface area (Å²) < 4.78 is 13.9. The maximum absolute atomic E-state index is 13.9. The average molecular weight is 265 g/mol. The molecule has 1 unspecified atom stereocenters. The van der Waals surface area contributed by atoms with Crippen LogP contribution in [-0.4, -0.2) is 35.5 Å². The van der Waals surface area contributed by atoms with Crippen LogP contribution < -0.4 is 5.73 Å². The molecule has 0 amide bonds. The first-order chi connectivity index (χ1) is 9.10. The van der Waals surface area contributed by atoms with Crippen LogP contribution >= 0.6 is 0 Å². The first-order valence-corrected chi connectivity index (χ1v) is 6.56. The first-order valence-electron chi connectivity index (χ1n) is 6.56. The molecule has 1 aliphatic heterocycles. The van der Waals surface area contributed by atoms with Crippen molar-refractivity contribution in [3.63, 3.8) is 0 Å². The molecule has 1 aromatic rings. The molecule has 1 atom stereocenters. The van der Waals surface area contributed by atoms with Crippen molar-refractivity contribution < 1.29 is 9.50 Å². The summed E-state index contributed by atoms with van der Waals surface area (Å²) in [4.78, 5) is 2.20. The number of nitrogen functional groups attached to an aromatic ring is 1. The van der Waals surface area contributed by atoms with E-state index >= 15 is 0 Å². The summed E-state index contributed by atoms with van der Waals surface area (Å²) in [5.41, 5.74) is 6.38. The number of aliphatic hydroxyl groups is 1. The second kappa shape index (κ2) is 6.12. The van der Waals surface area contributed by atoms with E-state index in [9.17, 15) is 4.39 Å². The predicted molar refractivity (Wildman–Crippen MR) is 72.5 cm³/mol. The summed E-state index contributed by atoms with van der Waals surface area (Å²) in [6, 6.07) is 4.70. The highest BCUT2D eigenvalue weighted by Crippen LogP contribution is 2.22. The molecule has 0 aliphatic carbocycles. The number of rotatable bonds is 5. The number of halogens is 1. The van der Waals surface area contributed by atoms with E-state index in [2.05, 4.69) is 4.90 Å². The Morgan fingerprint density at radius 2 is 2.32 bits per heavy atom. The second-order valence-electron chi connectivity index (χ2n) is 5.12. The molecule has 0 radical (unpaired) electrons. The zero-order valence-corrected chi connectivity index (χ0v) is 10.9. The van der Waals surface area contributed by atoms with Gasteiger partial charge in [0.15, 0.2) is 0 Å². The molecule has 1 aromatic carbocycles. The van der Waals surface area contributed by atoms with Gasteiger partial charge in [-0.3, -0.25) is 10.3 Å². The Hall–Kier alpha value is -1.46. The van der Waals surface area contributed by atoms with Crippen LogP contribution in [0.1, 0.15) is 24.0 Å². The highest BCUT2D eigenvalue weighted by atomic mass is 19.1. The molecule has 1 saturated heterocycles. The topological polar surface area (TPSA) is 73.3 Å². The molecule has 0 bridgehead atoms. The molecule has 1 fully saturated rings. The lowest BCUT2D eigenvalue weighted by Crippen LogP contribution is -2.21. The van der Waals surface area contributed by atoms with E-state index in [0.717, 1.165) is 25.9 Å². The summed E-state index contributed by atoms with van der Waals surface area (Å²) in [6.45, 7) is 2.65. The van der Waals surface area contributed by atoms with Crippen LogP contribution in [0.15, 0.2) is 18.2 Å². The molecular weight excluding hydrogens is 245 g/mol. The number of hydrogen-bond acceptors (Lipinski definition) is 3. The SMILES string of the molecule is N=C(N)c1ccc(CN2CCC(CCO)C2)c(F)c1. The van der Waals surface area contributed by atoms with Crippen LogP contribution in [0.2, 0.25) is 0 Å². The maximum Gasteiger partial charge on any atom is 0.128 e. The predicted octanol–water partition coefficient (Wildman–Crippen LogP) is 1.31. The number of amidine groups is 1. The van der Waals surface area contributed by atoms with Gasteiger partial charge in [0.25, 0.3) is 0 Å². The van der Waals surface area contributed by atoms with E-state index in [1.54, 1.807) is 12.1 Å². The van der Waals surface area contributed by atoms with Gasteiger partial charge in [0, 0.05) is 30.8 Å². The maximum atomic E-state index is 13.9. The third kappa shape index (κ3) is 3.52. The van der Waals surface area contributed by atoms with Gasteiger partial charge in [-0.1, -0.05) is 12.1 Å². The minimum Gasteiger partial charge on any atom is -0.396 e. The third-order valence-corrected chi connectivity index (χ3v) is 3.67. The van der Waals surface area contributed by atoms with Crippen molar-refractivity contribution >= 4 is 5.84 Å². The van der Waals surface area contributed by atoms with Crippen molar-refractivity contribution in [1.82, 2.24) is 4.90 Å². The van der Waals surface area contributed by atoms with Gasteiger partial charge in [-0.05, 0) is 31.4 Å². The Bertz CT molecular complexity index is 464. The Labute approximate surface area is 112 Å². The lowest BCUT2D eigenvalue weighted by Gasteiger charge is -2.16. The molecule has 0 aromatic heterocycles. The Morgan fingerprint density at radius 3 is 2.95 bits per heavy atom. The number of nitrogens with two attached hydrogens (primary N) is 1. The van der Waals surface area contributed by atoms with Crippen molar-refractivity contribution in [2.24, 2.45) is 11.7 Å². The molecule has 1 aliphatic rings. The van der Waals surface area contributed by atoms with Crippen molar-refractivity contribution in [3.05, 3.63) is 35.1 Å². The fourth-order valence-electron chi connectivity index (χ4n) is 2.56. The van der Waals surface area contributed by atoms with Gasteiger partial charge in [-0.15, -0.1) is 0 Å². The minimum atomic E-state index is -0.307. The van der Waals surface area contributed by atoms with Crippen molar-refractivity contribution in [2.75, 3.05) is 19.7 Å². The fourth-order valence-corrected chi connectivity index (χ4v) is 2.56. The van der Waals surface area contributed by atoms with E-state index < -0.39 is 0 Å². The van der Waals surface area contributed by atoms with E-state index in [1.165, 1.54) is 6.07 Å². The van der Waals surface area contributed by atoms with E-state index in [0.29, 0.717) is 23.6 Å². The largest absolute Gasteiger partial charge is 0.396 e. The van der Waals surface area contributed by atoms with Gasteiger partial charge >= 0.3 is 0 Å². The highest BCUT2D eigenvalue weighted by molar-refractivity contribution is 5.94. The van der Waals surface area contributed by atoms with Crippen LogP contribution in [0.5, 0.6) is 0 Å². The van der Waals surface area contributed by atoms with E-state index in [4.69, 9.17) is 16.2 Å². The zero-order valence-electron chi connectivity index (χ0n) is 10.9. The van der Waals surface area contributed by atoms with Gasteiger partial charge in [-0.25, -0.2) is 4.39 Å². The fraction of sp³-hybridized carbons (Fsp3) is 0.500. The lowest BCUT2D eigenvalue weighted by molar-refractivity contribution is 0.248.